The van der Waals surface area contributed by atoms with Gasteiger partial charge in [-0.05, 0) is 31.4 Å². The topological polar surface area (TPSA) is 40.5 Å². The second-order valence-corrected chi connectivity index (χ2v) is 4.86. The average Bonchev–Trinajstić information content (AvgIpc) is 2.35. The number of rotatable bonds is 6. The lowest BCUT2D eigenvalue weighted by Crippen LogP contribution is -2.31. The van der Waals surface area contributed by atoms with Crippen LogP contribution in [0.25, 0.3) is 0 Å². The summed E-state index contributed by atoms with van der Waals surface area (Å²) < 4.78 is 0. The Balaban J connectivity index is 2.82. The molecule has 1 atom stereocenters. The van der Waals surface area contributed by atoms with E-state index in [-0.39, 0.29) is 5.92 Å². The standard InChI is InChI=1S/C13H19NO2S/c1-4-14(9-10(2)13(15)16)11-6-5-7-12(8-11)17-3/h5-8,10H,4,9H2,1-3H3,(H,15,16). The van der Waals surface area contributed by atoms with Crippen molar-refractivity contribution in [2.45, 2.75) is 18.7 Å². The first-order valence-corrected chi connectivity index (χ1v) is 6.92. The Morgan fingerprint density at radius 1 is 1.53 bits per heavy atom. The lowest BCUT2D eigenvalue weighted by Gasteiger charge is -2.25. The summed E-state index contributed by atoms with van der Waals surface area (Å²) in [7, 11) is 0. The van der Waals surface area contributed by atoms with Crippen LogP contribution in [0.5, 0.6) is 0 Å². The number of hydrogen-bond acceptors (Lipinski definition) is 3. The maximum atomic E-state index is 10.9. The number of carboxylic acid groups (broad SMARTS) is 1. The van der Waals surface area contributed by atoms with E-state index in [0.717, 1.165) is 12.2 Å². The fraction of sp³-hybridized carbons (Fsp3) is 0.462. The molecule has 0 aliphatic carbocycles. The molecule has 1 rings (SSSR count). The van der Waals surface area contributed by atoms with Crippen LogP contribution in [-0.2, 0) is 4.79 Å². The Hall–Kier alpha value is -1.16. The molecular formula is C13H19NO2S. The van der Waals surface area contributed by atoms with Crippen molar-refractivity contribution in [1.82, 2.24) is 0 Å². The maximum Gasteiger partial charge on any atom is 0.308 e. The molecule has 1 N–H and O–H groups in total. The SMILES string of the molecule is CCN(CC(C)C(=O)O)c1cccc(SC)c1. The lowest BCUT2D eigenvalue weighted by molar-refractivity contribution is -0.140. The van der Waals surface area contributed by atoms with Gasteiger partial charge < -0.3 is 10.0 Å². The Morgan fingerprint density at radius 2 is 2.24 bits per heavy atom. The minimum Gasteiger partial charge on any atom is -0.481 e. The van der Waals surface area contributed by atoms with Crippen LogP contribution in [0.1, 0.15) is 13.8 Å². The molecule has 0 fully saturated rings. The van der Waals surface area contributed by atoms with Gasteiger partial charge in [0.05, 0.1) is 5.92 Å². The highest BCUT2D eigenvalue weighted by Crippen LogP contribution is 2.22. The Morgan fingerprint density at radius 3 is 2.76 bits per heavy atom. The molecule has 0 aromatic heterocycles. The Bertz CT molecular complexity index is 381. The summed E-state index contributed by atoms with van der Waals surface area (Å²) in [4.78, 5) is 14.2. The first-order chi connectivity index (χ1) is 8.08. The number of carboxylic acids is 1. The first-order valence-electron chi connectivity index (χ1n) is 5.70. The van der Waals surface area contributed by atoms with Crippen LogP contribution in [0.3, 0.4) is 0 Å². The van der Waals surface area contributed by atoms with Crippen LogP contribution in [0.15, 0.2) is 29.2 Å². The van der Waals surface area contributed by atoms with Crippen LogP contribution in [0.2, 0.25) is 0 Å². The Kier molecular flexibility index (Phi) is 5.35. The summed E-state index contributed by atoms with van der Waals surface area (Å²) >= 11 is 1.69. The van der Waals surface area contributed by atoms with Gasteiger partial charge in [0, 0.05) is 23.7 Å². The maximum absolute atomic E-state index is 10.9. The zero-order chi connectivity index (χ0) is 12.8. The molecule has 0 radical (unpaired) electrons. The van der Waals surface area contributed by atoms with E-state index in [2.05, 4.69) is 17.0 Å². The molecule has 94 valence electrons. The summed E-state index contributed by atoms with van der Waals surface area (Å²) in [5.41, 5.74) is 1.09. The zero-order valence-corrected chi connectivity index (χ0v) is 11.3. The third-order valence-electron chi connectivity index (χ3n) is 2.72. The quantitative estimate of drug-likeness (QED) is 0.791. The van der Waals surface area contributed by atoms with Gasteiger partial charge in [-0.25, -0.2) is 0 Å². The molecule has 0 aliphatic rings. The Labute approximate surface area is 107 Å². The summed E-state index contributed by atoms with van der Waals surface area (Å²) in [6.45, 7) is 5.14. The van der Waals surface area contributed by atoms with Gasteiger partial charge in [-0.1, -0.05) is 13.0 Å². The number of aliphatic carboxylic acids is 1. The molecule has 1 aromatic rings. The summed E-state index contributed by atoms with van der Waals surface area (Å²) in [6, 6.07) is 8.19. The van der Waals surface area contributed by atoms with Crippen molar-refractivity contribution in [3.05, 3.63) is 24.3 Å². The highest BCUT2D eigenvalue weighted by molar-refractivity contribution is 7.98. The normalized spacial score (nSPS) is 12.2. The molecule has 0 saturated heterocycles. The molecule has 1 aromatic carbocycles. The number of anilines is 1. The number of nitrogens with zero attached hydrogens (tertiary/aromatic N) is 1. The van der Waals surface area contributed by atoms with Crippen LogP contribution >= 0.6 is 11.8 Å². The van der Waals surface area contributed by atoms with Gasteiger partial charge in [-0.15, -0.1) is 11.8 Å². The fourth-order valence-electron chi connectivity index (χ4n) is 1.63. The minimum absolute atomic E-state index is 0.354. The third-order valence-corrected chi connectivity index (χ3v) is 3.44. The van der Waals surface area contributed by atoms with Crippen molar-refractivity contribution in [2.24, 2.45) is 5.92 Å². The van der Waals surface area contributed by atoms with Gasteiger partial charge in [0.2, 0.25) is 0 Å². The fourth-order valence-corrected chi connectivity index (χ4v) is 2.09. The molecule has 0 saturated carbocycles. The van der Waals surface area contributed by atoms with Crippen LogP contribution in [0, 0.1) is 5.92 Å². The van der Waals surface area contributed by atoms with Crippen LogP contribution in [-0.4, -0.2) is 30.4 Å². The summed E-state index contributed by atoms with van der Waals surface area (Å²) in [5, 5.41) is 8.94. The van der Waals surface area contributed by atoms with Gasteiger partial charge in [0.1, 0.15) is 0 Å². The average molecular weight is 253 g/mol. The molecule has 0 bridgehead atoms. The van der Waals surface area contributed by atoms with Crippen molar-refractivity contribution >= 4 is 23.4 Å². The molecule has 0 spiro atoms. The van der Waals surface area contributed by atoms with Gasteiger partial charge in [-0.2, -0.15) is 0 Å². The molecule has 1 unspecified atom stereocenters. The zero-order valence-electron chi connectivity index (χ0n) is 10.5. The van der Waals surface area contributed by atoms with E-state index in [4.69, 9.17) is 5.11 Å². The summed E-state index contributed by atoms with van der Waals surface area (Å²) in [5.74, 6) is -1.10. The second-order valence-electron chi connectivity index (χ2n) is 3.98. The second kappa shape index (κ2) is 6.55. The van der Waals surface area contributed by atoms with Crippen molar-refractivity contribution in [3.63, 3.8) is 0 Å². The van der Waals surface area contributed by atoms with E-state index in [9.17, 15) is 4.79 Å². The molecule has 0 amide bonds. The van der Waals surface area contributed by atoms with E-state index in [1.165, 1.54) is 4.90 Å². The largest absolute Gasteiger partial charge is 0.481 e. The van der Waals surface area contributed by atoms with Crippen molar-refractivity contribution in [1.29, 1.82) is 0 Å². The lowest BCUT2D eigenvalue weighted by atomic mass is 10.1. The number of hydrogen-bond donors (Lipinski definition) is 1. The molecule has 17 heavy (non-hydrogen) atoms. The smallest absolute Gasteiger partial charge is 0.308 e. The predicted octanol–water partition coefficient (Wildman–Crippen LogP) is 2.96. The third kappa shape index (κ3) is 3.97. The van der Waals surface area contributed by atoms with E-state index in [0.29, 0.717) is 6.54 Å². The molecule has 3 nitrogen and oxygen atoms in total. The van der Waals surface area contributed by atoms with Crippen LogP contribution in [0.4, 0.5) is 5.69 Å². The summed E-state index contributed by atoms with van der Waals surface area (Å²) in [6.07, 6.45) is 2.04. The van der Waals surface area contributed by atoms with E-state index >= 15 is 0 Å². The van der Waals surface area contributed by atoms with Crippen molar-refractivity contribution < 1.29 is 9.90 Å². The van der Waals surface area contributed by atoms with E-state index < -0.39 is 5.97 Å². The van der Waals surface area contributed by atoms with Gasteiger partial charge in [0.25, 0.3) is 0 Å². The van der Waals surface area contributed by atoms with E-state index in [1.807, 2.05) is 25.3 Å². The molecule has 0 aliphatic heterocycles. The predicted molar refractivity (Wildman–Crippen MR) is 72.9 cm³/mol. The highest BCUT2D eigenvalue weighted by atomic mass is 32.2. The number of benzene rings is 1. The van der Waals surface area contributed by atoms with Gasteiger partial charge in [-0.3, -0.25) is 4.79 Å². The van der Waals surface area contributed by atoms with Gasteiger partial charge in [0.15, 0.2) is 0 Å². The monoisotopic (exact) mass is 253 g/mol. The number of carbonyl (C=O) groups is 1. The molecular weight excluding hydrogens is 234 g/mol. The van der Waals surface area contributed by atoms with Crippen molar-refractivity contribution in [3.8, 4) is 0 Å². The van der Waals surface area contributed by atoms with Crippen LogP contribution < -0.4 is 4.90 Å². The first kappa shape index (κ1) is 13.9. The molecule has 0 heterocycles. The van der Waals surface area contributed by atoms with Crippen molar-refractivity contribution in [2.75, 3.05) is 24.2 Å². The van der Waals surface area contributed by atoms with Gasteiger partial charge >= 0.3 is 5.97 Å². The van der Waals surface area contributed by atoms with E-state index in [1.54, 1.807) is 18.7 Å². The highest BCUT2D eigenvalue weighted by Gasteiger charge is 2.15. The minimum atomic E-state index is -0.746. The molecule has 4 heteroatoms. The number of thioether (sulfide) groups is 1.